The van der Waals surface area contributed by atoms with Gasteiger partial charge >= 0.3 is 5.97 Å². The van der Waals surface area contributed by atoms with Crippen molar-refractivity contribution in [2.24, 2.45) is 0 Å². The fourth-order valence-corrected chi connectivity index (χ4v) is 1.45. The van der Waals surface area contributed by atoms with Gasteiger partial charge in [0, 0.05) is 11.6 Å². The van der Waals surface area contributed by atoms with Crippen molar-refractivity contribution in [2.75, 3.05) is 7.11 Å². The van der Waals surface area contributed by atoms with Gasteiger partial charge in [-0.1, -0.05) is 30.3 Å². The minimum atomic E-state index is -0.276. The van der Waals surface area contributed by atoms with E-state index < -0.39 is 0 Å². The van der Waals surface area contributed by atoms with Crippen LogP contribution in [0.1, 0.15) is 12.0 Å². The first-order chi connectivity index (χ1) is 7.79. The van der Waals surface area contributed by atoms with Crippen LogP contribution >= 0.6 is 0 Å². The number of cyclic esters (lactones) is 1. The molecule has 0 unspecified atom stereocenters. The second kappa shape index (κ2) is 4.66. The number of benzene rings is 1. The predicted molar refractivity (Wildman–Crippen MR) is 60.2 cm³/mol. The van der Waals surface area contributed by atoms with E-state index in [1.54, 1.807) is 19.3 Å². The van der Waals surface area contributed by atoms with Crippen LogP contribution in [0.5, 0.6) is 0 Å². The molecule has 0 spiro atoms. The minimum absolute atomic E-state index is 0.232. The van der Waals surface area contributed by atoms with Gasteiger partial charge in [-0.3, -0.25) is 4.79 Å². The van der Waals surface area contributed by atoms with Crippen molar-refractivity contribution in [1.29, 1.82) is 0 Å². The maximum absolute atomic E-state index is 11.4. The zero-order chi connectivity index (χ0) is 11.4. The molecule has 0 atom stereocenters. The van der Waals surface area contributed by atoms with E-state index in [0.29, 0.717) is 11.5 Å². The first kappa shape index (κ1) is 10.5. The van der Waals surface area contributed by atoms with Gasteiger partial charge in [0.25, 0.3) is 0 Å². The molecule has 0 aromatic heterocycles. The number of carbonyl (C=O) groups is 1. The van der Waals surface area contributed by atoms with Gasteiger partial charge in [0.1, 0.15) is 11.5 Å². The number of hydrogen-bond acceptors (Lipinski definition) is 3. The van der Waals surface area contributed by atoms with Crippen molar-refractivity contribution < 1.29 is 14.3 Å². The van der Waals surface area contributed by atoms with Crippen LogP contribution in [0.2, 0.25) is 0 Å². The molecule has 0 N–H and O–H groups in total. The molecular weight excluding hydrogens is 204 g/mol. The summed E-state index contributed by atoms with van der Waals surface area (Å²) < 4.78 is 10.3. The largest absolute Gasteiger partial charge is 0.497 e. The van der Waals surface area contributed by atoms with Crippen LogP contribution in [0.15, 0.2) is 48.2 Å². The van der Waals surface area contributed by atoms with Crippen LogP contribution in [-0.2, 0) is 14.3 Å². The van der Waals surface area contributed by atoms with E-state index >= 15 is 0 Å². The number of methoxy groups -OCH3 is 1. The maximum atomic E-state index is 11.4. The smallest absolute Gasteiger partial charge is 0.315 e. The summed E-state index contributed by atoms with van der Waals surface area (Å²) in [4.78, 5) is 11.4. The summed E-state index contributed by atoms with van der Waals surface area (Å²) >= 11 is 0. The summed E-state index contributed by atoms with van der Waals surface area (Å²) in [7, 11) is 1.57. The monoisotopic (exact) mass is 216 g/mol. The number of carbonyl (C=O) groups excluding carboxylic acids is 1. The van der Waals surface area contributed by atoms with E-state index in [4.69, 9.17) is 9.47 Å². The molecule has 0 saturated heterocycles. The Morgan fingerprint density at radius 3 is 2.69 bits per heavy atom. The lowest BCUT2D eigenvalue weighted by Crippen LogP contribution is -2.00. The van der Waals surface area contributed by atoms with Gasteiger partial charge < -0.3 is 9.47 Å². The molecule has 1 aromatic carbocycles. The Labute approximate surface area is 94.0 Å². The summed E-state index contributed by atoms with van der Waals surface area (Å²) in [6, 6.07) is 9.47. The molecule has 1 heterocycles. The van der Waals surface area contributed by atoms with Crippen molar-refractivity contribution >= 4 is 11.7 Å². The Balaban J connectivity index is 2.36. The van der Waals surface area contributed by atoms with Crippen LogP contribution < -0.4 is 0 Å². The van der Waals surface area contributed by atoms with E-state index in [9.17, 15) is 4.79 Å². The molecule has 0 radical (unpaired) electrons. The normalized spacial score (nSPS) is 15.7. The number of allylic oxidation sites excluding steroid dienone is 1. The lowest BCUT2D eigenvalue weighted by atomic mass is 10.2. The van der Waals surface area contributed by atoms with Gasteiger partial charge in [0.2, 0.25) is 0 Å². The lowest BCUT2D eigenvalue weighted by Gasteiger charge is -2.06. The van der Waals surface area contributed by atoms with Crippen molar-refractivity contribution in [2.45, 2.75) is 6.42 Å². The van der Waals surface area contributed by atoms with Gasteiger partial charge in [-0.2, -0.15) is 0 Å². The summed E-state index contributed by atoms with van der Waals surface area (Å²) in [5.41, 5.74) is 0.862. The highest BCUT2D eigenvalue weighted by Crippen LogP contribution is 2.21. The number of rotatable bonds is 2. The molecule has 82 valence electrons. The second-order valence-corrected chi connectivity index (χ2v) is 3.36. The summed E-state index contributed by atoms with van der Waals surface area (Å²) in [5.74, 6) is 0.892. The standard InChI is InChI=1S/C13H12O3/c1-15-11-7-8-13(14)16-12(9-11)10-5-3-2-4-6-10/h2-7,9H,8H2,1H3. The summed E-state index contributed by atoms with van der Waals surface area (Å²) in [6.07, 6.45) is 3.66. The Bertz CT molecular complexity index is 444. The average Bonchev–Trinajstić information content (AvgIpc) is 2.52. The Hall–Kier alpha value is -2.03. The van der Waals surface area contributed by atoms with Crippen molar-refractivity contribution in [3.63, 3.8) is 0 Å². The number of hydrogen-bond donors (Lipinski definition) is 0. The van der Waals surface area contributed by atoms with Crippen LogP contribution in [0.25, 0.3) is 5.76 Å². The SMILES string of the molecule is COC1=CCC(=O)OC(c2ccccc2)=C1. The first-order valence-electron chi connectivity index (χ1n) is 5.01. The highest BCUT2D eigenvalue weighted by Gasteiger charge is 2.13. The third kappa shape index (κ3) is 2.31. The molecule has 2 rings (SSSR count). The zero-order valence-electron chi connectivity index (χ0n) is 8.97. The molecule has 1 aliphatic heterocycles. The van der Waals surface area contributed by atoms with Gasteiger partial charge in [-0.25, -0.2) is 0 Å². The van der Waals surface area contributed by atoms with Gasteiger partial charge in [-0.15, -0.1) is 0 Å². The Morgan fingerprint density at radius 1 is 1.25 bits per heavy atom. The number of esters is 1. The average molecular weight is 216 g/mol. The van der Waals surface area contributed by atoms with Crippen LogP contribution in [0.3, 0.4) is 0 Å². The van der Waals surface area contributed by atoms with Crippen LogP contribution in [0.4, 0.5) is 0 Å². The molecular formula is C13H12O3. The van der Waals surface area contributed by atoms with Crippen molar-refractivity contribution in [3.8, 4) is 0 Å². The van der Waals surface area contributed by atoms with Gasteiger partial charge in [0.15, 0.2) is 0 Å². The highest BCUT2D eigenvalue weighted by molar-refractivity contribution is 5.81. The van der Waals surface area contributed by atoms with Gasteiger partial charge in [0.05, 0.1) is 13.5 Å². The fourth-order valence-electron chi connectivity index (χ4n) is 1.45. The van der Waals surface area contributed by atoms with Gasteiger partial charge in [-0.05, 0) is 6.08 Å². The van der Waals surface area contributed by atoms with E-state index in [2.05, 4.69) is 0 Å². The maximum Gasteiger partial charge on any atom is 0.315 e. The van der Waals surface area contributed by atoms with E-state index in [1.807, 2.05) is 30.3 Å². The van der Waals surface area contributed by atoms with E-state index in [1.165, 1.54) is 0 Å². The molecule has 0 fully saturated rings. The first-order valence-corrected chi connectivity index (χ1v) is 5.01. The lowest BCUT2D eigenvalue weighted by molar-refractivity contribution is -0.135. The molecule has 3 nitrogen and oxygen atoms in total. The molecule has 0 bridgehead atoms. The molecule has 0 saturated carbocycles. The highest BCUT2D eigenvalue weighted by atomic mass is 16.5. The topological polar surface area (TPSA) is 35.5 Å². The number of ether oxygens (including phenoxy) is 2. The minimum Gasteiger partial charge on any atom is -0.497 e. The van der Waals surface area contributed by atoms with E-state index in [0.717, 1.165) is 5.56 Å². The Morgan fingerprint density at radius 2 is 2.00 bits per heavy atom. The predicted octanol–water partition coefficient (Wildman–Crippen LogP) is 2.50. The molecule has 3 heteroatoms. The van der Waals surface area contributed by atoms with Crippen molar-refractivity contribution in [1.82, 2.24) is 0 Å². The van der Waals surface area contributed by atoms with Crippen LogP contribution in [-0.4, -0.2) is 13.1 Å². The Kier molecular flexibility index (Phi) is 3.05. The zero-order valence-corrected chi connectivity index (χ0v) is 8.97. The van der Waals surface area contributed by atoms with Crippen LogP contribution in [0, 0.1) is 0 Å². The van der Waals surface area contributed by atoms with Crippen molar-refractivity contribution in [3.05, 3.63) is 53.8 Å². The molecule has 1 aliphatic rings. The molecule has 0 aliphatic carbocycles. The summed E-state index contributed by atoms with van der Waals surface area (Å²) in [6.45, 7) is 0. The summed E-state index contributed by atoms with van der Waals surface area (Å²) in [5, 5.41) is 0. The third-order valence-corrected chi connectivity index (χ3v) is 2.26. The fraction of sp³-hybridized carbons (Fsp3) is 0.154. The quantitative estimate of drug-likeness (QED) is 0.712. The molecule has 0 amide bonds. The third-order valence-electron chi connectivity index (χ3n) is 2.26. The molecule has 16 heavy (non-hydrogen) atoms. The second-order valence-electron chi connectivity index (χ2n) is 3.36. The van der Waals surface area contributed by atoms with E-state index in [-0.39, 0.29) is 12.4 Å². The molecule has 1 aromatic rings.